The molecule has 2 nitrogen and oxygen atoms in total. The average molecular weight is 168 g/mol. The van der Waals surface area contributed by atoms with Crippen LogP contribution in [0.4, 0.5) is 0 Å². The molecule has 2 aromatic rings. The molecule has 0 amide bonds. The van der Waals surface area contributed by atoms with Crippen LogP contribution in [0.2, 0.25) is 0 Å². The molecule has 2 heteroatoms. The number of allylic oxidation sites excluding steroid dienone is 4. The largest absolute Gasteiger partial charge is 0.301 e. The highest BCUT2D eigenvalue weighted by Crippen LogP contribution is 2.21. The van der Waals surface area contributed by atoms with E-state index in [1.807, 2.05) is 24.5 Å². The van der Waals surface area contributed by atoms with Crippen LogP contribution in [0, 0.1) is 0 Å². The summed E-state index contributed by atoms with van der Waals surface area (Å²) in [5, 5.41) is 1.18. The molecule has 0 saturated heterocycles. The quantitative estimate of drug-likeness (QED) is 0.639. The van der Waals surface area contributed by atoms with E-state index in [-0.39, 0.29) is 0 Å². The summed E-state index contributed by atoms with van der Waals surface area (Å²) < 4.78 is 2.09. The van der Waals surface area contributed by atoms with Crippen molar-refractivity contribution in [2.45, 2.75) is 0 Å². The van der Waals surface area contributed by atoms with Crippen LogP contribution in [0.25, 0.3) is 16.7 Å². The number of rotatable bonds is 1. The molecule has 0 saturated carbocycles. The van der Waals surface area contributed by atoms with Crippen molar-refractivity contribution in [3.8, 4) is 0 Å². The van der Waals surface area contributed by atoms with Gasteiger partial charge in [-0.15, -0.1) is 0 Å². The number of fused-ring (bicyclic) bond motifs is 1. The minimum atomic E-state index is 1.03. The third-order valence-electron chi connectivity index (χ3n) is 2.26. The predicted molar refractivity (Wildman–Crippen MR) is 53.1 cm³/mol. The van der Waals surface area contributed by atoms with Gasteiger partial charge in [0.05, 0.1) is 0 Å². The first-order valence-corrected chi connectivity index (χ1v) is 4.26. The summed E-state index contributed by atoms with van der Waals surface area (Å²) in [6.45, 7) is 0. The van der Waals surface area contributed by atoms with Gasteiger partial charge in [-0.3, -0.25) is 0 Å². The van der Waals surface area contributed by atoms with Crippen molar-refractivity contribution < 1.29 is 0 Å². The standard InChI is InChI=1S/C11H8N2/c1-4-10(5-1)13-8-6-9-3-2-7-12-11(9)13/h1-8H. The number of aromatic nitrogens is 2. The van der Waals surface area contributed by atoms with Gasteiger partial charge in [-0.25, -0.2) is 4.98 Å². The van der Waals surface area contributed by atoms with Crippen LogP contribution in [-0.4, -0.2) is 9.55 Å². The van der Waals surface area contributed by atoms with Gasteiger partial charge in [-0.05, 0) is 30.4 Å². The molecule has 2 aromatic heterocycles. The maximum Gasteiger partial charge on any atom is 0.144 e. The molecular formula is C11H8N2. The summed E-state index contributed by atoms with van der Waals surface area (Å²) in [7, 11) is 0. The zero-order valence-corrected chi connectivity index (χ0v) is 7.01. The van der Waals surface area contributed by atoms with Crippen molar-refractivity contribution in [3.05, 3.63) is 48.8 Å². The molecule has 1 aliphatic rings. The SMILES string of the molecule is C1=CC(n2ccc3cccnc32)=C1. The van der Waals surface area contributed by atoms with Crippen LogP contribution in [-0.2, 0) is 0 Å². The maximum atomic E-state index is 4.33. The first-order valence-electron chi connectivity index (χ1n) is 4.26. The number of nitrogens with zero attached hydrogens (tertiary/aromatic N) is 2. The van der Waals surface area contributed by atoms with Gasteiger partial charge < -0.3 is 4.57 Å². The first kappa shape index (κ1) is 6.66. The summed E-state index contributed by atoms with van der Waals surface area (Å²) in [6, 6.07) is 6.11. The smallest absolute Gasteiger partial charge is 0.144 e. The van der Waals surface area contributed by atoms with Crippen LogP contribution in [0.3, 0.4) is 0 Å². The van der Waals surface area contributed by atoms with E-state index in [0.29, 0.717) is 0 Å². The minimum absolute atomic E-state index is 1.03. The van der Waals surface area contributed by atoms with Gasteiger partial charge in [-0.2, -0.15) is 0 Å². The third-order valence-corrected chi connectivity index (χ3v) is 2.26. The summed E-state index contributed by atoms with van der Waals surface area (Å²) in [5.41, 5.74) is 2.23. The van der Waals surface area contributed by atoms with E-state index in [1.165, 1.54) is 11.1 Å². The second-order valence-corrected chi connectivity index (χ2v) is 3.05. The highest BCUT2D eigenvalue weighted by Gasteiger charge is 2.05. The zero-order chi connectivity index (χ0) is 8.67. The molecule has 0 bridgehead atoms. The minimum Gasteiger partial charge on any atom is -0.301 e. The van der Waals surface area contributed by atoms with Gasteiger partial charge >= 0.3 is 0 Å². The van der Waals surface area contributed by atoms with Crippen molar-refractivity contribution in [1.29, 1.82) is 0 Å². The fourth-order valence-electron chi connectivity index (χ4n) is 1.52. The van der Waals surface area contributed by atoms with Gasteiger partial charge in [0.25, 0.3) is 0 Å². The van der Waals surface area contributed by atoms with E-state index in [2.05, 4.69) is 33.8 Å². The van der Waals surface area contributed by atoms with E-state index in [0.717, 1.165) is 5.65 Å². The molecule has 62 valence electrons. The Morgan fingerprint density at radius 3 is 2.92 bits per heavy atom. The Kier molecular flexibility index (Phi) is 1.19. The molecule has 0 fully saturated rings. The lowest BCUT2D eigenvalue weighted by atomic mass is 10.2. The van der Waals surface area contributed by atoms with Gasteiger partial charge in [-0.1, -0.05) is 6.08 Å². The Hall–Kier alpha value is -1.83. The molecule has 3 rings (SSSR count). The molecule has 2 heterocycles. The molecule has 1 aliphatic carbocycles. The molecule has 0 atom stereocenters. The lowest BCUT2D eigenvalue weighted by molar-refractivity contribution is 1.13. The Balaban J connectivity index is 2.29. The topological polar surface area (TPSA) is 17.8 Å². The van der Waals surface area contributed by atoms with Crippen LogP contribution >= 0.6 is 0 Å². The monoisotopic (exact) mass is 168 g/mol. The fraction of sp³-hybridized carbons (Fsp3) is 0. The van der Waals surface area contributed by atoms with Crippen molar-refractivity contribution in [2.75, 3.05) is 0 Å². The summed E-state index contributed by atoms with van der Waals surface area (Å²) in [5.74, 6) is 0. The number of hydrogen-bond acceptors (Lipinski definition) is 1. The molecule has 0 aromatic carbocycles. The van der Waals surface area contributed by atoms with E-state index < -0.39 is 0 Å². The normalized spacial score (nSPS) is 14.3. The first-order chi connectivity index (χ1) is 6.45. The molecule has 13 heavy (non-hydrogen) atoms. The lowest BCUT2D eigenvalue weighted by Gasteiger charge is -2.09. The van der Waals surface area contributed by atoms with Crippen molar-refractivity contribution >= 4 is 16.7 Å². The van der Waals surface area contributed by atoms with E-state index in [4.69, 9.17) is 0 Å². The third kappa shape index (κ3) is 0.855. The molecule has 0 spiro atoms. The van der Waals surface area contributed by atoms with Crippen LogP contribution < -0.4 is 0 Å². The van der Waals surface area contributed by atoms with Crippen LogP contribution in [0.5, 0.6) is 0 Å². The lowest BCUT2D eigenvalue weighted by Crippen LogP contribution is -1.97. The van der Waals surface area contributed by atoms with Gasteiger partial charge in [0.2, 0.25) is 0 Å². The van der Waals surface area contributed by atoms with Crippen molar-refractivity contribution in [1.82, 2.24) is 9.55 Å². The Morgan fingerprint density at radius 2 is 2.15 bits per heavy atom. The Labute approximate surface area is 75.8 Å². The van der Waals surface area contributed by atoms with E-state index in [1.54, 1.807) is 0 Å². The maximum absolute atomic E-state index is 4.33. The highest BCUT2D eigenvalue weighted by atomic mass is 15.0. The van der Waals surface area contributed by atoms with Gasteiger partial charge in [0.1, 0.15) is 5.65 Å². The molecule has 0 aliphatic heterocycles. The average Bonchev–Trinajstić information content (AvgIpc) is 2.47. The highest BCUT2D eigenvalue weighted by molar-refractivity contribution is 5.83. The van der Waals surface area contributed by atoms with Crippen LogP contribution in [0.15, 0.2) is 48.8 Å². The number of pyridine rings is 1. The summed E-state index contributed by atoms with van der Waals surface area (Å²) >= 11 is 0. The predicted octanol–water partition coefficient (Wildman–Crippen LogP) is 2.45. The van der Waals surface area contributed by atoms with Crippen LogP contribution in [0.1, 0.15) is 0 Å². The Morgan fingerprint density at radius 1 is 1.23 bits per heavy atom. The van der Waals surface area contributed by atoms with Crippen molar-refractivity contribution in [2.24, 2.45) is 0 Å². The number of hydrogen-bond donors (Lipinski definition) is 0. The summed E-state index contributed by atoms with van der Waals surface area (Å²) in [6.07, 6.45) is 10.1. The molecular weight excluding hydrogens is 160 g/mol. The molecule has 0 unspecified atom stereocenters. The summed E-state index contributed by atoms with van der Waals surface area (Å²) in [4.78, 5) is 4.33. The fourth-order valence-corrected chi connectivity index (χ4v) is 1.52. The Bertz CT molecular complexity index is 518. The van der Waals surface area contributed by atoms with Gasteiger partial charge in [0, 0.05) is 23.5 Å². The second-order valence-electron chi connectivity index (χ2n) is 3.05. The van der Waals surface area contributed by atoms with E-state index >= 15 is 0 Å². The second kappa shape index (κ2) is 2.33. The zero-order valence-electron chi connectivity index (χ0n) is 7.01. The molecule has 0 radical (unpaired) electrons. The molecule has 0 N–H and O–H groups in total. The van der Waals surface area contributed by atoms with E-state index in [9.17, 15) is 0 Å². The van der Waals surface area contributed by atoms with Crippen molar-refractivity contribution in [3.63, 3.8) is 0 Å². The van der Waals surface area contributed by atoms with Gasteiger partial charge in [0.15, 0.2) is 0 Å².